The van der Waals surface area contributed by atoms with Crippen LogP contribution in [0.3, 0.4) is 0 Å². The molecule has 4 nitrogen and oxygen atoms in total. The predicted octanol–water partition coefficient (Wildman–Crippen LogP) is 0.928. The molecule has 0 aromatic carbocycles. The topological polar surface area (TPSA) is 67.2 Å². The van der Waals surface area contributed by atoms with Gasteiger partial charge in [0.2, 0.25) is 5.91 Å². The number of carbonyl (C=O) groups excluding carboxylic acids is 1. The van der Waals surface area contributed by atoms with E-state index >= 15 is 0 Å². The molecule has 1 amide bonds. The number of hydrogen-bond donors (Lipinski definition) is 3. The fraction of sp³-hybridized carbons (Fsp3) is 0.769. The highest BCUT2D eigenvalue weighted by molar-refractivity contribution is 5.96. The van der Waals surface area contributed by atoms with E-state index in [2.05, 4.69) is 24.5 Å². The van der Waals surface area contributed by atoms with Crippen LogP contribution in [-0.4, -0.2) is 30.1 Å². The monoisotopic (exact) mass is 239 g/mol. The van der Waals surface area contributed by atoms with Crippen molar-refractivity contribution in [3.8, 4) is 0 Å². The molecule has 17 heavy (non-hydrogen) atoms. The van der Waals surface area contributed by atoms with E-state index in [0.717, 1.165) is 18.4 Å². The maximum absolute atomic E-state index is 12.1. The van der Waals surface area contributed by atoms with Crippen LogP contribution in [0, 0.1) is 0 Å². The van der Waals surface area contributed by atoms with E-state index in [1.807, 2.05) is 19.9 Å². The summed E-state index contributed by atoms with van der Waals surface area (Å²) in [7, 11) is 0. The van der Waals surface area contributed by atoms with E-state index in [1.54, 1.807) is 0 Å². The van der Waals surface area contributed by atoms with Crippen molar-refractivity contribution in [2.24, 2.45) is 5.73 Å². The average Bonchev–Trinajstić information content (AvgIpc) is 2.41. The van der Waals surface area contributed by atoms with Crippen molar-refractivity contribution in [1.82, 2.24) is 10.6 Å². The molecule has 0 atom stereocenters. The number of nitrogens with one attached hydrogen (secondary N) is 2. The van der Waals surface area contributed by atoms with E-state index in [4.69, 9.17) is 5.73 Å². The fourth-order valence-corrected chi connectivity index (χ4v) is 2.37. The van der Waals surface area contributed by atoms with E-state index in [9.17, 15) is 4.79 Å². The molecule has 4 N–H and O–H groups in total. The van der Waals surface area contributed by atoms with Gasteiger partial charge < -0.3 is 11.1 Å². The van der Waals surface area contributed by atoms with Gasteiger partial charge in [0.15, 0.2) is 0 Å². The Bertz CT molecular complexity index is 319. The Morgan fingerprint density at radius 1 is 1.35 bits per heavy atom. The molecule has 1 rings (SSSR count). The first kappa shape index (κ1) is 14.2. The number of carbonyl (C=O) groups is 1. The van der Waals surface area contributed by atoms with Crippen LogP contribution in [0.5, 0.6) is 0 Å². The second-order valence-electron chi connectivity index (χ2n) is 5.78. The highest BCUT2D eigenvalue weighted by Gasteiger charge is 2.39. The zero-order valence-electron chi connectivity index (χ0n) is 11.4. The van der Waals surface area contributed by atoms with Gasteiger partial charge in [-0.3, -0.25) is 10.1 Å². The first-order valence-corrected chi connectivity index (χ1v) is 6.29. The van der Waals surface area contributed by atoms with Gasteiger partial charge in [0.25, 0.3) is 0 Å². The molecule has 1 aliphatic rings. The summed E-state index contributed by atoms with van der Waals surface area (Å²) in [6, 6.07) is 0. The second kappa shape index (κ2) is 5.19. The Kier molecular flexibility index (Phi) is 4.33. The van der Waals surface area contributed by atoms with Gasteiger partial charge in [-0.15, -0.1) is 0 Å². The number of nitrogens with two attached hydrogens (primary N) is 1. The molecule has 1 heterocycles. The van der Waals surface area contributed by atoms with Crippen molar-refractivity contribution in [2.45, 2.75) is 51.6 Å². The van der Waals surface area contributed by atoms with Crippen LogP contribution >= 0.6 is 0 Å². The van der Waals surface area contributed by atoms with E-state index in [0.29, 0.717) is 13.1 Å². The van der Waals surface area contributed by atoms with E-state index in [1.165, 1.54) is 0 Å². The maximum Gasteiger partial charge on any atom is 0.248 e. The lowest BCUT2D eigenvalue weighted by Crippen LogP contribution is -2.47. The van der Waals surface area contributed by atoms with Crippen molar-refractivity contribution in [3.63, 3.8) is 0 Å². The minimum absolute atomic E-state index is 0.0325. The smallest absolute Gasteiger partial charge is 0.248 e. The second-order valence-corrected chi connectivity index (χ2v) is 5.78. The van der Waals surface area contributed by atoms with Gasteiger partial charge in [-0.05, 0) is 47.1 Å². The largest absolute Gasteiger partial charge is 0.352 e. The Morgan fingerprint density at radius 3 is 2.47 bits per heavy atom. The van der Waals surface area contributed by atoms with Crippen LogP contribution in [0.4, 0.5) is 0 Å². The molecule has 0 bridgehead atoms. The first-order chi connectivity index (χ1) is 7.78. The summed E-state index contributed by atoms with van der Waals surface area (Å²) in [6.45, 7) is 9.59. The van der Waals surface area contributed by atoms with Crippen molar-refractivity contribution >= 4 is 5.91 Å². The standard InChI is InChI=1S/C13H25N3O/c1-12(2)9-10(13(3,4)16-12)11(17)15-8-6-5-7-14/h9,16H,5-8,14H2,1-4H3,(H,15,17). The molecule has 1 aliphatic heterocycles. The van der Waals surface area contributed by atoms with Crippen molar-refractivity contribution in [2.75, 3.05) is 13.1 Å². The summed E-state index contributed by atoms with van der Waals surface area (Å²) < 4.78 is 0. The molecule has 98 valence electrons. The van der Waals surface area contributed by atoms with Crippen LogP contribution in [0.1, 0.15) is 40.5 Å². The zero-order chi connectivity index (χ0) is 13.1. The maximum atomic E-state index is 12.1. The lowest BCUT2D eigenvalue weighted by Gasteiger charge is -2.27. The number of hydrogen-bond acceptors (Lipinski definition) is 3. The summed E-state index contributed by atoms with van der Waals surface area (Å²) in [5, 5.41) is 6.38. The minimum atomic E-state index is -0.262. The van der Waals surface area contributed by atoms with Crippen molar-refractivity contribution in [3.05, 3.63) is 11.6 Å². The molecule has 0 aliphatic carbocycles. The Balaban J connectivity index is 2.57. The van der Waals surface area contributed by atoms with Gasteiger partial charge in [-0.2, -0.15) is 0 Å². The zero-order valence-corrected chi connectivity index (χ0v) is 11.4. The molecule has 0 fully saturated rings. The van der Waals surface area contributed by atoms with Gasteiger partial charge in [0.05, 0.1) is 0 Å². The summed E-state index contributed by atoms with van der Waals surface area (Å²) in [4.78, 5) is 12.1. The molecule has 4 heteroatoms. The summed E-state index contributed by atoms with van der Waals surface area (Å²) in [5.41, 5.74) is 5.86. The fourth-order valence-electron chi connectivity index (χ4n) is 2.37. The SMILES string of the molecule is CC1(C)C=C(C(=O)NCCCCN)C(C)(C)N1. The summed E-state index contributed by atoms with van der Waals surface area (Å²) >= 11 is 0. The van der Waals surface area contributed by atoms with E-state index < -0.39 is 0 Å². The molecule has 0 aromatic heterocycles. The van der Waals surface area contributed by atoms with Crippen molar-refractivity contribution in [1.29, 1.82) is 0 Å². The summed E-state index contributed by atoms with van der Waals surface area (Å²) in [6.07, 6.45) is 3.91. The average molecular weight is 239 g/mol. The number of unbranched alkanes of at least 4 members (excludes halogenated alkanes) is 1. The Labute approximate surface area is 104 Å². The quantitative estimate of drug-likeness (QED) is 0.625. The molecule has 0 radical (unpaired) electrons. The predicted molar refractivity (Wildman–Crippen MR) is 70.7 cm³/mol. The molecular weight excluding hydrogens is 214 g/mol. The Morgan fingerprint density at radius 2 is 2.00 bits per heavy atom. The van der Waals surface area contributed by atoms with E-state index in [-0.39, 0.29) is 17.0 Å². The van der Waals surface area contributed by atoms with Crippen LogP contribution in [-0.2, 0) is 4.79 Å². The third kappa shape index (κ3) is 3.82. The molecule has 0 aromatic rings. The van der Waals surface area contributed by atoms with Crippen LogP contribution in [0.2, 0.25) is 0 Å². The lowest BCUT2D eigenvalue weighted by molar-refractivity contribution is -0.118. The molecule has 0 spiro atoms. The van der Waals surface area contributed by atoms with Gasteiger partial charge in [0, 0.05) is 23.2 Å². The van der Waals surface area contributed by atoms with Crippen LogP contribution in [0.15, 0.2) is 11.6 Å². The Hall–Kier alpha value is -0.870. The summed E-state index contributed by atoms with van der Waals surface area (Å²) in [5.74, 6) is 0.0325. The third-order valence-electron chi connectivity index (χ3n) is 2.97. The van der Waals surface area contributed by atoms with Gasteiger partial charge >= 0.3 is 0 Å². The number of amides is 1. The molecule has 0 saturated carbocycles. The first-order valence-electron chi connectivity index (χ1n) is 6.29. The highest BCUT2D eigenvalue weighted by atomic mass is 16.1. The third-order valence-corrected chi connectivity index (χ3v) is 2.97. The van der Waals surface area contributed by atoms with Crippen LogP contribution in [0.25, 0.3) is 0 Å². The molecular formula is C13H25N3O. The van der Waals surface area contributed by atoms with Gasteiger partial charge in [-0.25, -0.2) is 0 Å². The molecule has 0 unspecified atom stereocenters. The van der Waals surface area contributed by atoms with Crippen LogP contribution < -0.4 is 16.4 Å². The van der Waals surface area contributed by atoms with Crippen molar-refractivity contribution < 1.29 is 4.79 Å². The minimum Gasteiger partial charge on any atom is -0.352 e. The normalized spacial score (nSPS) is 21.1. The number of rotatable bonds is 5. The van der Waals surface area contributed by atoms with Gasteiger partial charge in [-0.1, -0.05) is 6.08 Å². The lowest BCUT2D eigenvalue weighted by atomic mass is 9.96. The molecule has 0 saturated heterocycles. The van der Waals surface area contributed by atoms with Gasteiger partial charge in [0.1, 0.15) is 0 Å². The highest BCUT2D eigenvalue weighted by Crippen LogP contribution is 2.29.